The largest absolute Gasteiger partial charge is 0.369 e. The Kier molecular flexibility index (Phi) is 4.84. The molecule has 1 aliphatic rings. The van der Waals surface area contributed by atoms with Crippen molar-refractivity contribution >= 4 is 15.9 Å². The lowest BCUT2D eigenvalue weighted by Gasteiger charge is -2.41. The van der Waals surface area contributed by atoms with E-state index >= 15 is 0 Å². The number of benzene rings is 1. The number of nitrogens with zero attached hydrogens (tertiary/aromatic N) is 2. The van der Waals surface area contributed by atoms with Crippen molar-refractivity contribution in [3.05, 3.63) is 29.8 Å². The van der Waals surface area contributed by atoms with Crippen LogP contribution in [-0.4, -0.2) is 62.4 Å². The SMILES string of the molecule is CC1CN(C(=O)c2cccc(S(=O)(=O)N(C)C)c2)CC(C)(C)O1. The predicted octanol–water partition coefficient (Wildman–Crippen LogP) is 1.58. The van der Waals surface area contributed by atoms with Crippen molar-refractivity contribution < 1.29 is 17.9 Å². The van der Waals surface area contributed by atoms with Crippen molar-refractivity contribution in [3.63, 3.8) is 0 Å². The smallest absolute Gasteiger partial charge is 0.254 e. The van der Waals surface area contributed by atoms with Crippen LogP contribution in [0, 0.1) is 0 Å². The van der Waals surface area contributed by atoms with Crippen LogP contribution >= 0.6 is 0 Å². The van der Waals surface area contributed by atoms with E-state index in [0.717, 1.165) is 4.31 Å². The average molecular weight is 340 g/mol. The quantitative estimate of drug-likeness (QED) is 0.838. The van der Waals surface area contributed by atoms with Crippen LogP contribution in [0.15, 0.2) is 29.2 Å². The van der Waals surface area contributed by atoms with Gasteiger partial charge in [0.1, 0.15) is 0 Å². The van der Waals surface area contributed by atoms with Gasteiger partial charge in [0.05, 0.1) is 16.6 Å². The van der Waals surface area contributed by atoms with Crippen molar-refractivity contribution in [2.75, 3.05) is 27.2 Å². The van der Waals surface area contributed by atoms with Gasteiger partial charge in [0.2, 0.25) is 10.0 Å². The van der Waals surface area contributed by atoms with Crippen molar-refractivity contribution in [1.82, 2.24) is 9.21 Å². The molecule has 0 N–H and O–H groups in total. The van der Waals surface area contributed by atoms with E-state index in [2.05, 4.69) is 0 Å². The molecule has 0 bridgehead atoms. The minimum Gasteiger partial charge on any atom is -0.369 e. The summed E-state index contributed by atoms with van der Waals surface area (Å²) in [6.07, 6.45) is -0.0589. The van der Waals surface area contributed by atoms with Gasteiger partial charge in [-0.3, -0.25) is 4.79 Å². The van der Waals surface area contributed by atoms with Gasteiger partial charge in [0.15, 0.2) is 0 Å². The van der Waals surface area contributed by atoms with E-state index in [0.29, 0.717) is 18.7 Å². The second-order valence-corrected chi connectivity index (χ2v) is 8.84. The molecule has 1 fully saturated rings. The molecule has 0 aromatic heterocycles. The standard InChI is InChI=1S/C16H24N2O4S/c1-12-10-18(11-16(2,3)22-12)15(19)13-7-6-8-14(9-13)23(20,21)17(4)5/h6-9,12H,10-11H2,1-5H3. The van der Waals surface area contributed by atoms with Crippen molar-refractivity contribution in [3.8, 4) is 0 Å². The van der Waals surface area contributed by atoms with Crippen LogP contribution in [0.25, 0.3) is 0 Å². The van der Waals surface area contributed by atoms with Crippen LogP contribution in [0.1, 0.15) is 31.1 Å². The van der Waals surface area contributed by atoms with Crippen LogP contribution < -0.4 is 0 Å². The van der Waals surface area contributed by atoms with Gasteiger partial charge in [0.25, 0.3) is 5.91 Å². The molecule has 1 heterocycles. The van der Waals surface area contributed by atoms with Crippen LogP contribution in [0.3, 0.4) is 0 Å². The van der Waals surface area contributed by atoms with Crippen LogP contribution in [0.5, 0.6) is 0 Å². The number of hydrogen-bond donors (Lipinski definition) is 0. The molecule has 1 aliphatic heterocycles. The van der Waals surface area contributed by atoms with Crippen LogP contribution in [0.4, 0.5) is 0 Å². The molecule has 0 spiro atoms. The summed E-state index contributed by atoms with van der Waals surface area (Å²) in [6, 6.07) is 6.17. The molecule has 0 aliphatic carbocycles. The maximum Gasteiger partial charge on any atom is 0.254 e. The molecule has 0 radical (unpaired) electrons. The predicted molar refractivity (Wildman–Crippen MR) is 87.8 cm³/mol. The molecular weight excluding hydrogens is 316 g/mol. The zero-order chi connectivity index (χ0) is 17.4. The molecule has 128 valence electrons. The number of hydrogen-bond acceptors (Lipinski definition) is 4. The van der Waals surface area contributed by atoms with Gasteiger partial charge in [-0.25, -0.2) is 12.7 Å². The van der Waals surface area contributed by atoms with Gasteiger partial charge in [-0.05, 0) is 39.0 Å². The Balaban J connectivity index is 2.30. The molecule has 7 heteroatoms. The summed E-state index contributed by atoms with van der Waals surface area (Å²) in [5, 5.41) is 0. The number of amides is 1. The Morgan fingerprint density at radius 2 is 2.00 bits per heavy atom. The fourth-order valence-corrected chi connectivity index (χ4v) is 3.74. The Hall–Kier alpha value is -1.44. The van der Waals surface area contributed by atoms with Gasteiger partial charge >= 0.3 is 0 Å². The molecular formula is C16H24N2O4S. The minimum absolute atomic E-state index is 0.0589. The third-order valence-electron chi connectivity index (χ3n) is 3.72. The highest BCUT2D eigenvalue weighted by Gasteiger charge is 2.34. The zero-order valence-electron chi connectivity index (χ0n) is 14.2. The third-order valence-corrected chi connectivity index (χ3v) is 5.53. The number of sulfonamides is 1. The maximum atomic E-state index is 12.7. The molecule has 1 saturated heterocycles. The lowest BCUT2D eigenvalue weighted by molar-refractivity contribution is -0.118. The average Bonchev–Trinajstić information content (AvgIpc) is 2.44. The monoisotopic (exact) mass is 340 g/mol. The first kappa shape index (κ1) is 17.9. The highest BCUT2D eigenvalue weighted by molar-refractivity contribution is 7.89. The molecule has 2 rings (SSSR count). The molecule has 1 unspecified atom stereocenters. The first-order valence-corrected chi connectivity index (χ1v) is 8.97. The Bertz CT molecular complexity index is 698. The lowest BCUT2D eigenvalue weighted by Crippen LogP contribution is -2.53. The molecule has 1 aromatic carbocycles. The highest BCUT2D eigenvalue weighted by Crippen LogP contribution is 2.23. The van der Waals surface area contributed by atoms with Crippen molar-refractivity contribution in [1.29, 1.82) is 0 Å². The topological polar surface area (TPSA) is 66.9 Å². The fraction of sp³-hybridized carbons (Fsp3) is 0.562. The Morgan fingerprint density at radius 3 is 2.57 bits per heavy atom. The molecule has 1 amide bonds. The second kappa shape index (κ2) is 6.22. The highest BCUT2D eigenvalue weighted by atomic mass is 32.2. The van der Waals surface area contributed by atoms with E-state index in [1.807, 2.05) is 20.8 Å². The zero-order valence-corrected chi connectivity index (χ0v) is 15.1. The Labute approximate surface area is 138 Å². The number of ether oxygens (including phenoxy) is 1. The van der Waals surface area contributed by atoms with Gasteiger partial charge in [0, 0.05) is 32.7 Å². The molecule has 23 heavy (non-hydrogen) atoms. The maximum absolute atomic E-state index is 12.7. The van der Waals surface area contributed by atoms with E-state index in [4.69, 9.17) is 4.74 Å². The van der Waals surface area contributed by atoms with Gasteiger partial charge < -0.3 is 9.64 Å². The van der Waals surface area contributed by atoms with Crippen LogP contribution in [-0.2, 0) is 14.8 Å². The van der Waals surface area contributed by atoms with Crippen molar-refractivity contribution in [2.45, 2.75) is 37.4 Å². The summed E-state index contributed by atoms with van der Waals surface area (Å²) >= 11 is 0. The first-order valence-electron chi connectivity index (χ1n) is 7.52. The Morgan fingerprint density at radius 1 is 1.35 bits per heavy atom. The third kappa shape index (κ3) is 3.91. The fourth-order valence-electron chi connectivity index (χ4n) is 2.79. The van der Waals surface area contributed by atoms with E-state index < -0.39 is 15.6 Å². The summed E-state index contributed by atoms with van der Waals surface area (Å²) in [6.45, 7) is 6.77. The van der Waals surface area contributed by atoms with Gasteiger partial charge in [-0.1, -0.05) is 6.07 Å². The molecule has 0 saturated carbocycles. The summed E-state index contributed by atoms with van der Waals surface area (Å²) in [5.74, 6) is -0.177. The summed E-state index contributed by atoms with van der Waals surface area (Å²) in [4.78, 5) is 14.6. The summed E-state index contributed by atoms with van der Waals surface area (Å²) in [7, 11) is -0.623. The molecule has 1 atom stereocenters. The first-order chi connectivity index (χ1) is 10.5. The summed E-state index contributed by atoms with van der Waals surface area (Å²) < 4.78 is 31.4. The van der Waals surface area contributed by atoms with E-state index in [1.54, 1.807) is 17.0 Å². The number of carbonyl (C=O) groups is 1. The number of carbonyl (C=O) groups excluding carboxylic acids is 1. The lowest BCUT2D eigenvalue weighted by atomic mass is 10.0. The summed E-state index contributed by atoms with van der Waals surface area (Å²) in [5.41, 5.74) is -0.0430. The van der Waals surface area contributed by atoms with E-state index in [-0.39, 0.29) is 16.9 Å². The van der Waals surface area contributed by atoms with Gasteiger partial charge in [-0.2, -0.15) is 0 Å². The van der Waals surface area contributed by atoms with Gasteiger partial charge in [-0.15, -0.1) is 0 Å². The van der Waals surface area contributed by atoms with E-state index in [9.17, 15) is 13.2 Å². The second-order valence-electron chi connectivity index (χ2n) is 6.69. The number of rotatable bonds is 3. The van der Waals surface area contributed by atoms with Crippen LogP contribution in [0.2, 0.25) is 0 Å². The number of morpholine rings is 1. The van der Waals surface area contributed by atoms with E-state index in [1.165, 1.54) is 26.2 Å². The van der Waals surface area contributed by atoms with Crippen molar-refractivity contribution in [2.24, 2.45) is 0 Å². The molecule has 1 aromatic rings. The molecule has 6 nitrogen and oxygen atoms in total. The normalized spacial score (nSPS) is 21.5. The minimum atomic E-state index is -3.56.